The second-order valence-electron chi connectivity index (χ2n) is 9.56. The van der Waals surface area contributed by atoms with Gasteiger partial charge < -0.3 is 37.9 Å². The summed E-state index contributed by atoms with van der Waals surface area (Å²) in [5, 5.41) is 19.8. The van der Waals surface area contributed by atoms with Crippen LogP contribution in [0.2, 0.25) is 0 Å². The van der Waals surface area contributed by atoms with Crippen LogP contribution in [0, 0.1) is 0 Å². The van der Waals surface area contributed by atoms with Gasteiger partial charge in [-0.15, -0.1) is 5.10 Å². The van der Waals surface area contributed by atoms with Crippen LogP contribution < -0.4 is 38.5 Å². The van der Waals surface area contributed by atoms with Crippen molar-refractivity contribution in [2.24, 2.45) is 22.2 Å². The number of nitrogens with one attached hydrogen (secondary N) is 4. The number of rotatable bonds is 9. The second kappa shape index (κ2) is 17.8. The monoisotopic (exact) mass is 549 g/mol. The molecule has 0 fully saturated rings. The zero-order chi connectivity index (χ0) is 28.5. The molecule has 1 aliphatic heterocycles. The number of aldehydes is 1. The molecule has 15 heteroatoms. The average molecular weight is 550 g/mol. The summed E-state index contributed by atoms with van der Waals surface area (Å²) < 4.78 is 1.56. The maximum atomic E-state index is 13.3. The van der Waals surface area contributed by atoms with Crippen molar-refractivity contribution in [2.75, 3.05) is 19.6 Å². The molecule has 0 aromatic carbocycles. The van der Waals surface area contributed by atoms with Crippen LogP contribution in [-0.4, -0.2) is 82.7 Å². The lowest BCUT2D eigenvalue weighted by Crippen LogP contribution is -2.54. The molecule has 0 saturated heterocycles. The van der Waals surface area contributed by atoms with Crippen LogP contribution in [0.15, 0.2) is 11.2 Å². The molecular formula is C24H43N11O4. The minimum Gasteiger partial charge on any atom is -0.370 e. The summed E-state index contributed by atoms with van der Waals surface area (Å²) in [6.45, 7) is 1.45. The van der Waals surface area contributed by atoms with E-state index in [1.165, 1.54) is 0 Å². The predicted octanol–water partition coefficient (Wildman–Crippen LogP) is -2.22. The highest BCUT2D eigenvalue weighted by Gasteiger charge is 2.26. The number of guanidine groups is 1. The van der Waals surface area contributed by atoms with Crippen molar-refractivity contribution in [2.45, 2.75) is 89.0 Å². The first-order valence-corrected chi connectivity index (χ1v) is 13.5. The van der Waals surface area contributed by atoms with Crippen LogP contribution in [0.3, 0.4) is 0 Å². The van der Waals surface area contributed by atoms with Crippen LogP contribution in [0.1, 0.15) is 63.5 Å². The van der Waals surface area contributed by atoms with Crippen molar-refractivity contribution >= 4 is 30.0 Å². The number of nitrogens with two attached hydrogens (primary N) is 3. The Bertz CT molecular complexity index is 948. The number of nitrogens with zero attached hydrogens (tertiary/aromatic N) is 4. The molecule has 2 heterocycles. The Morgan fingerprint density at radius 3 is 2.56 bits per heavy atom. The van der Waals surface area contributed by atoms with Crippen LogP contribution in [0.5, 0.6) is 0 Å². The fourth-order valence-electron chi connectivity index (χ4n) is 4.10. The Labute approximate surface area is 228 Å². The van der Waals surface area contributed by atoms with Gasteiger partial charge in [0.05, 0.1) is 24.4 Å². The summed E-state index contributed by atoms with van der Waals surface area (Å²) in [5.41, 5.74) is 17.1. The maximum absolute atomic E-state index is 13.3. The summed E-state index contributed by atoms with van der Waals surface area (Å²) in [6, 6.07) is -2.24. The molecule has 3 amide bonds. The van der Waals surface area contributed by atoms with E-state index in [4.69, 9.17) is 17.2 Å². The van der Waals surface area contributed by atoms with Crippen molar-refractivity contribution in [3.63, 3.8) is 0 Å². The summed E-state index contributed by atoms with van der Waals surface area (Å²) in [5.74, 6) is -0.979. The van der Waals surface area contributed by atoms with Crippen molar-refractivity contribution in [3.8, 4) is 0 Å². The zero-order valence-corrected chi connectivity index (χ0v) is 22.4. The van der Waals surface area contributed by atoms with Crippen LogP contribution in [0.25, 0.3) is 0 Å². The summed E-state index contributed by atoms with van der Waals surface area (Å²) in [7, 11) is 0. The topological polar surface area (TPSA) is 238 Å². The van der Waals surface area contributed by atoms with E-state index in [9.17, 15) is 19.2 Å². The van der Waals surface area contributed by atoms with Gasteiger partial charge in [-0.2, -0.15) is 0 Å². The number of hydrogen-bond acceptors (Lipinski definition) is 9. The molecule has 2 bridgehead atoms. The number of aliphatic imine (C=N–C) groups is 1. The molecule has 0 unspecified atom stereocenters. The van der Waals surface area contributed by atoms with Gasteiger partial charge in [0.25, 0.3) is 0 Å². The van der Waals surface area contributed by atoms with Gasteiger partial charge in [-0.1, -0.05) is 11.6 Å². The molecule has 39 heavy (non-hydrogen) atoms. The molecule has 1 aliphatic rings. The smallest absolute Gasteiger partial charge is 0.243 e. The van der Waals surface area contributed by atoms with Gasteiger partial charge in [-0.25, -0.2) is 4.68 Å². The number of amides is 3. The van der Waals surface area contributed by atoms with Crippen LogP contribution in [-0.2, 0) is 32.3 Å². The number of aromatic nitrogens is 3. The summed E-state index contributed by atoms with van der Waals surface area (Å²) in [6.07, 6.45) is 7.44. The van der Waals surface area contributed by atoms with Gasteiger partial charge in [0.1, 0.15) is 12.3 Å². The Morgan fingerprint density at radius 2 is 1.82 bits per heavy atom. The molecule has 0 radical (unpaired) electrons. The fourth-order valence-corrected chi connectivity index (χ4v) is 4.10. The van der Waals surface area contributed by atoms with E-state index in [0.29, 0.717) is 70.0 Å². The third-order valence-electron chi connectivity index (χ3n) is 6.29. The second-order valence-corrected chi connectivity index (χ2v) is 9.56. The first-order chi connectivity index (χ1) is 18.8. The lowest BCUT2D eigenvalue weighted by molar-refractivity contribution is -0.131. The standard InChI is InChI=1S/C24H43N11O4/c25-11-3-1-7-19-22(38)32-20(8-5-13-29-24(26)27)23(39)31-18(15-36)6-2-4-12-28-21(37)10-9-17-14-35(16-30-19)34-33-17/h14-15,18-20,30H,1-13,16,25H2,(H,28,37)(H,31,39)(H,32,38)(H4,26,27,29)/t18-,19-,20-/m0/s1. The lowest BCUT2D eigenvalue weighted by atomic mass is 10.1. The third kappa shape index (κ3) is 12.7. The Balaban J connectivity index is 2.20. The Kier molecular flexibility index (Phi) is 14.5. The zero-order valence-electron chi connectivity index (χ0n) is 22.4. The number of aryl methyl sites for hydroxylation is 1. The van der Waals surface area contributed by atoms with Gasteiger partial charge in [0.15, 0.2) is 5.96 Å². The van der Waals surface area contributed by atoms with Crippen molar-refractivity contribution in [1.29, 1.82) is 0 Å². The van der Waals surface area contributed by atoms with Crippen LogP contribution >= 0.6 is 0 Å². The van der Waals surface area contributed by atoms with E-state index < -0.39 is 24.0 Å². The van der Waals surface area contributed by atoms with E-state index >= 15 is 0 Å². The number of carbonyl (C=O) groups is 4. The molecule has 3 atom stereocenters. The van der Waals surface area contributed by atoms with E-state index in [1.54, 1.807) is 10.9 Å². The van der Waals surface area contributed by atoms with Gasteiger partial charge >= 0.3 is 0 Å². The molecule has 1 aromatic heterocycles. The molecule has 10 N–H and O–H groups in total. The first kappa shape index (κ1) is 31.6. The van der Waals surface area contributed by atoms with Gasteiger partial charge in [-0.3, -0.25) is 24.7 Å². The predicted molar refractivity (Wildman–Crippen MR) is 145 cm³/mol. The first-order valence-electron chi connectivity index (χ1n) is 13.5. The molecule has 2 rings (SSSR count). The van der Waals surface area contributed by atoms with Gasteiger partial charge in [0, 0.05) is 32.1 Å². The Morgan fingerprint density at radius 1 is 1.05 bits per heavy atom. The molecule has 0 spiro atoms. The van der Waals surface area contributed by atoms with Gasteiger partial charge in [-0.05, 0) is 51.5 Å². The minimum atomic E-state index is -0.893. The highest BCUT2D eigenvalue weighted by atomic mass is 16.2. The van der Waals surface area contributed by atoms with Crippen molar-refractivity contribution in [3.05, 3.63) is 11.9 Å². The maximum Gasteiger partial charge on any atom is 0.243 e. The SMILES string of the molecule is NCCCC[C@@H]1NCn2cc(nn2)CCC(=O)NCCCC[C@@H](C=O)NC(=O)[C@H](CCCN=C(N)N)NC1=O. The number of fused-ring (bicyclic) bond motifs is 2. The molecule has 15 nitrogen and oxygen atoms in total. The average Bonchev–Trinajstić information content (AvgIpc) is 3.37. The van der Waals surface area contributed by atoms with Crippen molar-refractivity contribution in [1.82, 2.24) is 36.3 Å². The number of unbranched alkanes of at least 4 members (excludes halogenated alkanes) is 1. The number of hydrogen-bond donors (Lipinski definition) is 7. The highest BCUT2D eigenvalue weighted by molar-refractivity contribution is 5.90. The number of carbonyl (C=O) groups excluding carboxylic acids is 4. The Hall–Kier alpha value is -3.59. The summed E-state index contributed by atoms with van der Waals surface area (Å²) in [4.78, 5) is 54.2. The lowest BCUT2D eigenvalue weighted by Gasteiger charge is -2.24. The summed E-state index contributed by atoms with van der Waals surface area (Å²) >= 11 is 0. The third-order valence-corrected chi connectivity index (χ3v) is 6.29. The van der Waals surface area contributed by atoms with E-state index in [2.05, 4.69) is 36.6 Å². The molecule has 0 saturated carbocycles. The van der Waals surface area contributed by atoms with Crippen LogP contribution in [0.4, 0.5) is 0 Å². The molecule has 1 aromatic rings. The van der Waals surface area contributed by atoms with E-state index in [-0.39, 0.29) is 43.8 Å². The molecular weight excluding hydrogens is 506 g/mol. The van der Waals surface area contributed by atoms with Gasteiger partial charge in [0.2, 0.25) is 17.7 Å². The largest absolute Gasteiger partial charge is 0.370 e. The van der Waals surface area contributed by atoms with Crippen molar-refractivity contribution < 1.29 is 19.2 Å². The quantitative estimate of drug-likeness (QED) is 0.0757. The molecule has 218 valence electrons. The van der Waals surface area contributed by atoms with E-state index in [0.717, 1.165) is 6.42 Å². The molecule has 0 aliphatic carbocycles. The minimum absolute atomic E-state index is 0.0580. The normalized spacial score (nSPS) is 22.2. The fraction of sp³-hybridized carbons (Fsp3) is 0.708. The van der Waals surface area contributed by atoms with E-state index in [1.807, 2.05) is 0 Å². The highest BCUT2D eigenvalue weighted by Crippen LogP contribution is 2.07.